The van der Waals surface area contributed by atoms with Gasteiger partial charge in [0.15, 0.2) is 0 Å². The number of hydrogen-bond acceptors (Lipinski definition) is 5. The smallest absolute Gasteiger partial charge is 0.243 e. The SMILES string of the molecule is O=C(C=Cc1ccc(Sc2ccc(C=CC(=O)NCCCCCCO)c(-c3ccc(Cl)cc3Cl)c2Cl)c(Cl)c1-c1ccc(Cl)cc1Cl)NCCCCCCO. The van der Waals surface area contributed by atoms with E-state index in [1.54, 1.807) is 48.6 Å². The van der Waals surface area contributed by atoms with Crippen LogP contribution in [-0.2, 0) is 9.59 Å². The lowest BCUT2D eigenvalue weighted by Gasteiger charge is -2.17. The van der Waals surface area contributed by atoms with Crippen LogP contribution in [0.3, 0.4) is 0 Å². The van der Waals surface area contributed by atoms with E-state index in [0.717, 1.165) is 51.4 Å². The van der Waals surface area contributed by atoms with Gasteiger partial charge in [-0.2, -0.15) is 0 Å². The summed E-state index contributed by atoms with van der Waals surface area (Å²) in [5.74, 6) is -0.489. The third-order valence-electron chi connectivity index (χ3n) is 8.50. The molecule has 0 spiro atoms. The molecule has 0 heterocycles. The predicted octanol–water partition coefficient (Wildman–Crippen LogP) is 12.5. The molecule has 4 aromatic carbocycles. The Bertz CT molecular complexity index is 1860. The van der Waals surface area contributed by atoms with Gasteiger partial charge in [-0.1, -0.05) is 131 Å². The number of benzene rings is 4. The number of aliphatic hydroxyl groups is 2. The third kappa shape index (κ3) is 13.7. The van der Waals surface area contributed by atoms with Crippen LogP contribution in [0.4, 0.5) is 0 Å². The van der Waals surface area contributed by atoms with Gasteiger partial charge < -0.3 is 20.8 Å². The maximum absolute atomic E-state index is 12.7. The Balaban J connectivity index is 1.67. The van der Waals surface area contributed by atoms with E-state index in [1.807, 2.05) is 24.3 Å². The van der Waals surface area contributed by atoms with Gasteiger partial charge in [0, 0.05) is 90.6 Å². The maximum Gasteiger partial charge on any atom is 0.243 e. The fraction of sp³-hybridized carbons (Fsp3) is 0.286. The van der Waals surface area contributed by atoms with Crippen LogP contribution in [0.25, 0.3) is 34.4 Å². The van der Waals surface area contributed by atoms with Gasteiger partial charge in [0.2, 0.25) is 11.8 Å². The van der Waals surface area contributed by atoms with Gasteiger partial charge in [0.25, 0.3) is 0 Å². The largest absolute Gasteiger partial charge is 0.396 e. The summed E-state index contributed by atoms with van der Waals surface area (Å²) in [6, 6.07) is 17.7. The zero-order chi connectivity index (χ0) is 39.7. The molecule has 0 saturated heterocycles. The van der Waals surface area contributed by atoms with Crippen molar-refractivity contribution in [2.45, 2.75) is 61.2 Å². The van der Waals surface area contributed by atoms with Gasteiger partial charge in [0.1, 0.15) is 0 Å². The summed E-state index contributed by atoms with van der Waals surface area (Å²) in [5, 5.41) is 26.2. The molecule has 0 radical (unpaired) electrons. The number of aliphatic hydroxyl groups excluding tert-OH is 2. The van der Waals surface area contributed by atoms with E-state index in [0.29, 0.717) is 86.4 Å². The van der Waals surface area contributed by atoms with E-state index >= 15 is 0 Å². The summed E-state index contributed by atoms with van der Waals surface area (Å²) < 4.78 is 0. The van der Waals surface area contributed by atoms with Crippen molar-refractivity contribution < 1.29 is 19.8 Å². The Hall–Kier alpha value is -2.69. The molecule has 13 heteroatoms. The molecule has 55 heavy (non-hydrogen) atoms. The Kier molecular flexibility index (Phi) is 19.3. The lowest BCUT2D eigenvalue weighted by Crippen LogP contribution is -2.22. The summed E-state index contributed by atoms with van der Waals surface area (Å²) >= 11 is 41.7. The van der Waals surface area contributed by atoms with Gasteiger partial charge in [-0.3, -0.25) is 9.59 Å². The lowest BCUT2D eigenvalue weighted by molar-refractivity contribution is -0.117. The molecule has 4 N–H and O–H groups in total. The summed E-state index contributed by atoms with van der Waals surface area (Å²) in [6.45, 7) is 1.39. The summed E-state index contributed by atoms with van der Waals surface area (Å²) in [5.41, 5.74) is 3.81. The monoisotopic (exact) mass is 880 g/mol. The van der Waals surface area contributed by atoms with Crippen molar-refractivity contribution in [3.63, 3.8) is 0 Å². The highest BCUT2D eigenvalue weighted by Gasteiger charge is 2.20. The van der Waals surface area contributed by atoms with Gasteiger partial charge in [-0.05, 0) is 85.4 Å². The molecule has 4 aromatic rings. The molecular weight excluding hydrogens is 841 g/mol. The molecule has 0 aliphatic rings. The van der Waals surface area contributed by atoms with Crippen molar-refractivity contribution in [2.75, 3.05) is 26.3 Å². The highest BCUT2D eigenvalue weighted by atomic mass is 35.5. The molecule has 6 nitrogen and oxygen atoms in total. The number of rotatable bonds is 20. The minimum absolute atomic E-state index is 0.168. The van der Waals surface area contributed by atoms with Gasteiger partial charge in [0.05, 0.1) is 10.0 Å². The van der Waals surface area contributed by atoms with Crippen molar-refractivity contribution >= 4 is 105 Å². The average molecular weight is 884 g/mol. The maximum atomic E-state index is 12.7. The second-order valence-electron chi connectivity index (χ2n) is 12.6. The fourth-order valence-electron chi connectivity index (χ4n) is 5.68. The fourth-order valence-corrected chi connectivity index (χ4v) is 8.36. The van der Waals surface area contributed by atoms with Crippen molar-refractivity contribution in [3.05, 3.63) is 114 Å². The Labute approximate surface area is 357 Å². The number of amides is 2. The number of halogens is 6. The lowest BCUT2D eigenvalue weighted by atomic mass is 9.98. The molecular formula is C42H42Cl6N2O4S. The first-order chi connectivity index (χ1) is 26.5. The van der Waals surface area contributed by atoms with Crippen molar-refractivity contribution in [1.82, 2.24) is 10.6 Å². The molecule has 2 amide bonds. The Morgan fingerprint density at radius 2 is 0.945 bits per heavy atom. The number of unbranched alkanes of at least 4 members (excludes halogenated alkanes) is 6. The molecule has 4 rings (SSSR count). The van der Waals surface area contributed by atoms with E-state index < -0.39 is 0 Å². The number of carbonyl (C=O) groups is 2. The molecule has 0 aromatic heterocycles. The summed E-state index contributed by atoms with van der Waals surface area (Å²) in [7, 11) is 0. The average Bonchev–Trinajstić information content (AvgIpc) is 3.15. The van der Waals surface area contributed by atoms with E-state index in [2.05, 4.69) is 10.6 Å². The van der Waals surface area contributed by atoms with E-state index in [-0.39, 0.29) is 25.0 Å². The number of carbonyl (C=O) groups excluding carboxylic acids is 2. The van der Waals surface area contributed by atoms with Crippen molar-refractivity contribution in [2.24, 2.45) is 0 Å². The van der Waals surface area contributed by atoms with Gasteiger partial charge in [-0.25, -0.2) is 0 Å². The topological polar surface area (TPSA) is 98.7 Å². The van der Waals surface area contributed by atoms with E-state index in [9.17, 15) is 9.59 Å². The van der Waals surface area contributed by atoms with Gasteiger partial charge >= 0.3 is 0 Å². The van der Waals surface area contributed by atoms with Crippen molar-refractivity contribution in [3.8, 4) is 22.3 Å². The Morgan fingerprint density at radius 1 is 0.545 bits per heavy atom. The molecule has 0 atom stereocenters. The quantitative estimate of drug-likeness (QED) is 0.0523. The van der Waals surface area contributed by atoms with Crippen LogP contribution < -0.4 is 10.6 Å². The number of hydrogen-bond donors (Lipinski definition) is 4. The Morgan fingerprint density at radius 3 is 1.33 bits per heavy atom. The predicted molar refractivity (Wildman–Crippen MR) is 233 cm³/mol. The van der Waals surface area contributed by atoms with Crippen LogP contribution in [0.1, 0.15) is 62.5 Å². The van der Waals surface area contributed by atoms with Crippen molar-refractivity contribution in [1.29, 1.82) is 0 Å². The highest BCUT2D eigenvalue weighted by Crippen LogP contribution is 2.48. The number of nitrogens with one attached hydrogen (secondary N) is 2. The molecule has 0 unspecified atom stereocenters. The molecule has 0 aliphatic heterocycles. The van der Waals surface area contributed by atoms with Crippen LogP contribution >= 0.6 is 81.4 Å². The van der Waals surface area contributed by atoms with Crippen LogP contribution in [0.2, 0.25) is 30.1 Å². The van der Waals surface area contributed by atoms with Crippen LogP contribution in [0.5, 0.6) is 0 Å². The third-order valence-corrected chi connectivity index (χ3v) is 11.7. The van der Waals surface area contributed by atoms with Crippen LogP contribution in [-0.4, -0.2) is 48.3 Å². The summed E-state index contributed by atoms with van der Waals surface area (Å²) in [6.07, 6.45) is 13.1. The van der Waals surface area contributed by atoms with Crippen LogP contribution in [0.15, 0.2) is 82.6 Å². The van der Waals surface area contributed by atoms with E-state index in [1.165, 1.54) is 23.9 Å². The normalized spacial score (nSPS) is 11.5. The second-order valence-corrected chi connectivity index (χ2v) is 16.1. The molecule has 0 aliphatic carbocycles. The molecule has 0 bridgehead atoms. The first-order valence-electron chi connectivity index (χ1n) is 17.9. The molecule has 292 valence electrons. The minimum Gasteiger partial charge on any atom is -0.396 e. The molecule has 0 saturated carbocycles. The first-order valence-corrected chi connectivity index (χ1v) is 21.0. The summed E-state index contributed by atoms with van der Waals surface area (Å²) in [4.78, 5) is 26.7. The molecule has 0 fully saturated rings. The minimum atomic E-state index is -0.245. The second kappa shape index (κ2) is 23.5. The standard InChI is InChI=1S/C42H42Cl6N2O4S/c43-29-13-15-31(33(45)25-29)39-27(11-19-37(53)49-21-5-1-3-7-23-51)9-17-35(41(39)47)55-36-18-10-28(12-20-38(54)50-22-6-2-4-8-24-52)40(42(36)48)32-16-14-30(44)26-34(32)46/h9-20,25-26,51-52H,1-8,21-24H2,(H,49,53)(H,50,54). The van der Waals surface area contributed by atoms with Gasteiger partial charge in [-0.15, -0.1) is 0 Å². The first kappa shape index (κ1) is 45.0. The van der Waals surface area contributed by atoms with Crippen LogP contribution in [0, 0.1) is 0 Å². The zero-order valence-electron chi connectivity index (χ0n) is 30.0. The van der Waals surface area contributed by atoms with E-state index in [4.69, 9.17) is 79.8 Å². The highest BCUT2D eigenvalue weighted by molar-refractivity contribution is 7.99. The zero-order valence-corrected chi connectivity index (χ0v) is 35.3.